The van der Waals surface area contributed by atoms with Crippen LogP contribution in [0.5, 0.6) is 0 Å². The number of benzene rings is 1. The summed E-state index contributed by atoms with van der Waals surface area (Å²) in [4.78, 5) is 52.9. The number of hydrogen-bond acceptors (Lipinski definition) is 6. The molecule has 33 heavy (non-hydrogen) atoms. The van der Waals surface area contributed by atoms with Crippen molar-refractivity contribution in [1.82, 2.24) is 15.1 Å². The lowest BCUT2D eigenvalue weighted by atomic mass is 9.87. The highest BCUT2D eigenvalue weighted by atomic mass is 32.1. The molecule has 0 radical (unpaired) electrons. The second-order valence-electron chi connectivity index (χ2n) is 8.82. The van der Waals surface area contributed by atoms with E-state index in [4.69, 9.17) is 4.74 Å². The van der Waals surface area contributed by atoms with Crippen LogP contribution in [0.4, 0.5) is 0 Å². The monoisotopic (exact) mass is 471 g/mol. The van der Waals surface area contributed by atoms with Crippen molar-refractivity contribution in [3.05, 3.63) is 57.8 Å². The van der Waals surface area contributed by atoms with Gasteiger partial charge in [0.15, 0.2) is 6.61 Å². The number of thiophene rings is 1. The van der Waals surface area contributed by atoms with E-state index in [1.807, 2.05) is 23.6 Å². The molecule has 0 saturated carbocycles. The smallest absolute Gasteiger partial charge is 0.325 e. The van der Waals surface area contributed by atoms with E-state index >= 15 is 0 Å². The SMILES string of the molecule is CC(C)(C)c1ccc(C(=O)NCC(=O)OCC(=O)N2CCN(C(=O)c3cccs3)CC2)cc1. The first-order valence-corrected chi connectivity index (χ1v) is 11.7. The van der Waals surface area contributed by atoms with Gasteiger partial charge < -0.3 is 19.9 Å². The molecule has 0 aliphatic carbocycles. The first-order valence-electron chi connectivity index (χ1n) is 10.8. The predicted octanol–water partition coefficient (Wildman–Crippen LogP) is 2.30. The molecule has 0 atom stereocenters. The highest BCUT2D eigenvalue weighted by Gasteiger charge is 2.26. The lowest BCUT2D eigenvalue weighted by Gasteiger charge is -2.34. The summed E-state index contributed by atoms with van der Waals surface area (Å²) in [6.45, 7) is 7.17. The third-order valence-corrected chi connectivity index (χ3v) is 6.27. The lowest BCUT2D eigenvalue weighted by Crippen LogP contribution is -2.51. The van der Waals surface area contributed by atoms with Gasteiger partial charge in [-0.15, -0.1) is 11.3 Å². The van der Waals surface area contributed by atoms with Gasteiger partial charge in [0, 0.05) is 31.7 Å². The summed E-state index contributed by atoms with van der Waals surface area (Å²) in [5, 5.41) is 4.36. The van der Waals surface area contributed by atoms with Gasteiger partial charge in [0.25, 0.3) is 17.7 Å². The highest BCUT2D eigenvalue weighted by Crippen LogP contribution is 2.22. The molecule has 3 amide bonds. The van der Waals surface area contributed by atoms with Crippen molar-refractivity contribution >= 4 is 35.0 Å². The number of esters is 1. The zero-order chi connectivity index (χ0) is 24.0. The Bertz CT molecular complexity index is 988. The van der Waals surface area contributed by atoms with Crippen LogP contribution in [0.25, 0.3) is 0 Å². The number of ether oxygens (including phenoxy) is 1. The van der Waals surface area contributed by atoms with Crippen LogP contribution in [0, 0.1) is 0 Å². The topological polar surface area (TPSA) is 96.0 Å². The molecule has 1 aromatic carbocycles. The fraction of sp³-hybridized carbons (Fsp3) is 0.417. The average Bonchev–Trinajstić information content (AvgIpc) is 3.35. The van der Waals surface area contributed by atoms with Crippen LogP contribution in [0.15, 0.2) is 41.8 Å². The van der Waals surface area contributed by atoms with E-state index in [0.29, 0.717) is 36.6 Å². The Morgan fingerprint density at radius 2 is 1.61 bits per heavy atom. The van der Waals surface area contributed by atoms with Crippen molar-refractivity contribution in [3.8, 4) is 0 Å². The highest BCUT2D eigenvalue weighted by molar-refractivity contribution is 7.12. The Labute approximate surface area is 197 Å². The van der Waals surface area contributed by atoms with Gasteiger partial charge in [-0.05, 0) is 34.6 Å². The van der Waals surface area contributed by atoms with Crippen LogP contribution in [0.2, 0.25) is 0 Å². The minimum absolute atomic E-state index is 0.0163. The van der Waals surface area contributed by atoms with Crippen LogP contribution in [-0.2, 0) is 19.7 Å². The number of rotatable bonds is 6. The molecule has 3 rings (SSSR count). The normalized spacial score (nSPS) is 14.0. The Balaban J connectivity index is 1.37. The summed E-state index contributed by atoms with van der Waals surface area (Å²) in [5.74, 6) is -1.43. The summed E-state index contributed by atoms with van der Waals surface area (Å²) in [6.07, 6.45) is 0. The van der Waals surface area contributed by atoms with Gasteiger partial charge in [0.2, 0.25) is 0 Å². The van der Waals surface area contributed by atoms with Crippen molar-refractivity contribution in [3.63, 3.8) is 0 Å². The first-order chi connectivity index (χ1) is 15.6. The maximum Gasteiger partial charge on any atom is 0.325 e. The zero-order valence-corrected chi connectivity index (χ0v) is 19.9. The molecular formula is C24H29N3O5S. The minimum Gasteiger partial charge on any atom is -0.454 e. The van der Waals surface area contributed by atoms with E-state index in [0.717, 1.165) is 5.56 Å². The molecule has 0 unspecified atom stereocenters. The predicted molar refractivity (Wildman–Crippen MR) is 125 cm³/mol. The minimum atomic E-state index is -0.686. The standard InChI is InChI=1S/C24H29N3O5S/c1-24(2,3)18-8-6-17(7-9-18)22(30)25-15-21(29)32-16-20(28)26-10-12-27(13-11-26)23(31)19-5-4-14-33-19/h4-9,14H,10-13,15-16H2,1-3H3,(H,25,30). The van der Waals surface area contributed by atoms with Crippen molar-refractivity contribution in [2.45, 2.75) is 26.2 Å². The number of nitrogens with zero attached hydrogens (tertiary/aromatic N) is 2. The zero-order valence-electron chi connectivity index (χ0n) is 19.1. The fourth-order valence-corrected chi connectivity index (χ4v) is 4.07. The maximum atomic E-state index is 12.4. The Morgan fingerprint density at radius 1 is 0.970 bits per heavy atom. The summed E-state index contributed by atoms with van der Waals surface area (Å²) < 4.78 is 5.02. The van der Waals surface area contributed by atoms with Gasteiger partial charge in [-0.25, -0.2) is 0 Å². The van der Waals surface area contributed by atoms with E-state index < -0.39 is 12.6 Å². The molecule has 1 aliphatic rings. The lowest BCUT2D eigenvalue weighted by molar-refractivity contribution is -0.151. The summed E-state index contributed by atoms with van der Waals surface area (Å²) in [6, 6.07) is 10.8. The second-order valence-corrected chi connectivity index (χ2v) is 9.77. The van der Waals surface area contributed by atoms with Crippen LogP contribution in [0.3, 0.4) is 0 Å². The van der Waals surface area contributed by atoms with E-state index in [2.05, 4.69) is 26.1 Å². The van der Waals surface area contributed by atoms with Crippen LogP contribution in [0.1, 0.15) is 46.4 Å². The molecule has 8 nitrogen and oxygen atoms in total. The Morgan fingerprint density at radius 3 is 2.18 bits per heavy atom. The van der Waals surface area contributed by atoms with E-state index in [-0.39, 0.29) is 29.7 Å². The summed E-state index contributed by atoms with van der Waals surface area (Å²) >= 11 is 1.39. The van der Waals surface area contributed by atoms with E-state index in [1.54, 1.807) is 28.0 Å². The van der Waals surface area contributed by atoms with Gasteiger partial charge in [0.05, 0.1) is 4.88 Å². The molecule has 0 bridgehead atoms. The first kappa shape index (κ1) is 24.4. The number of hydrogen-bond donors (Lipinski definition) is 1. The van der Waals surface area contributed by atoms with Crippen molar-refractivity contribution in [2.75, 3.05) is 39.3 Å². The van der Waals surface area contributed by atoms with E-state index in [1.165, 1.54) is 11.3 Å². The molecule has 9 heteroatoms. The van der Waals surface area contributed by atoms with Gasteiger partial charge in [-0.2, -0.15) is 0 Å². The Hall–Kier alpha value is -3.20. The molecule has 2 heterocycles. The second kappa shape index (κ2) is 10.6. The maximum absolute atomic E-state index is 12.4. The average molecular weight is 472 g/mol. The third kappa shape index (κ3) is 6.64. The molecule has 176 valence electrons. The molecule has 1 fully saturated rings. The van der Waals surface area contributed by atoms with Gasteiger partial charge in [-0.3, -0.25) is 19.2 Å². The van der Waals surface area contributed by atoms with Crippen LogP contribution in [-0.4, -0.2) is 72.8 Å². The summed E-state index contributed by atoms with van der Waals surface area (Å²) in [5.41, 5.74) is 1.54. The molecule has 1 saturated heterocycles. The largest absolute Gasteiger partial charge is 0.454 e. The summed E-state index contributed by atoms with van der Waals surface area (Å²) in [7, 11) is 0. The Kier molecular flexibility index (Phi) is 7.86. The molecule has 1 aliphatic heterocycles. The molecule has 0 spiro atoms. The molecular weight excluding hydrogens is 442 g/mol. The number of carbonyl (C=O) groups is 4. The number of carbonyl (C=O) groups excluding carboxylic acids is 4. The third-order valence-electron chi connectivity index (χ3n) is 5.41. The van der Waals surface area contributed by atoms with Crippen molar-refractivity contribution in [2.24, 2.45) is 0 Å². The number of nitrogens with one attached hydrogen (secondary N) is 1. The molecule has 2 aromatic rings. The quantitative estimate of drug-likeness (QED) is 0.653. The molecule has 1 N–H and O–H groups in total. The number of piperazine rings is 1. The number of amides is 3. The fourth-order valence-electron chi connectivity index (χ4n) is 3.38. The van der Waals surface area contributed by atoms with Gasteiger partial charge >= 0.3 is 5.97 Å². The molecule has 1 aromatic heterocycles. The van der Waals surface area contributed by atoms with Crippen molar-refractivity contribution in [1.29, 1.82) is 0 Å². The van der Waals surface area contributed by atoms with Gasteiger partial charge in [0.1, 0.15) is 6.54 Å². The van der Waals surface area contributed by atoms with Crippen molar-refractivity contribution < 1.29 is 23.9 Å². The van der Waals surface area contributed by atoms with Crippen LogP contribution >= 0.6 is 11.3 Å². The van der Waals surface area contributed by atoms with Gasteiger partial charge in [-0.1, -0.05) is 39.0 Å². The van der Waals surface area contributed by atoms with Crippen LogP contribution < -0.4 is 5.32 Å². The van der Waals surface area contributed by atoms with E-state index in [9.17, 15) is 19.2 Å².